The number of hydrogen-bond acceptors (Lipinski definition) is 4. The van der Waals surface area contributed by atoms with E-state index in [4.69, 9.17) is 5.11 Å². The molecule has 0 aliphatic carbocycles. The molecule has 3 atom stereocenters. The molecule has 5 nitrogen and oxygen atoms in total. The molecule has 136 valence electrons. The van der Waals surface area contributed by atoms with E-state index in [1.807, 2.05) is 0 Å². The third-order valence-corrected chi connectivity index (χ3v) is 3.35. The van der Waals surface area contributed by atoms with Crippen LogP contribution in [0.4, 0.5) is 0 Å². The van der Waals surface area contributed by atoms with Crippen molar-refractivity contribution in [3.63, 3.8) is 0 Å². The van der Waals surface area contributed by atoms with E-state index in [0.29, 0.717) is 0 Å². The maximum atomic E-state index is 10.4. The summed E-state index contributed by atoms with van der Waals surface area (Å²) in [5.41, 5.74) is 0. The van der Waals surface area contributed by atoms with Gasteiger partial charge in [0.2, 0.25) is 0 Å². The smallest absolute Gasteiger partial charge is 0.303 e. The first-order valence-electron chi connectivity index (χ1n) is 8.41. The molecule has 0 rings (SSSR count). The normalized spacial score (nSPS) is 16.5. The molecular formula is C19H30O5. The van der Waals surface area contributed by atoms with Gasteiger partial charge in [-0.15, -0.1) is 0 Å². The van der Waals surface area contributed by atoms with Gasteiger partial charge < -0.3 is 20.4 Å². The molecule has 0 radical (unpaired) electrons. The highest BCUT2D eigenvalue weighted by Gasteiger charge is 2.13. The van der Waals surface area contributed by atoms with E-state index in [2.05, 4.69) is 6.92 Å². The Balaban J connectivity index is 3.98. The lowest BCUT2D eigenvalue weighted by Crippen LogP contribution is -2.24. The second-order valence-corrected chi connectivity index (χ2v) is 5.59. The van der Waals surface area contributed by atoms with Crippen molar-refractivity contribution in [1.29, 1.82) is 0 Å². The Hall–Kier alpha value is -1.69. The summed E-state index contributed by atoms with van der Waals surface area (Å²) in [6.45, 7) is 2.13. The third kappa shape index (κ3) is 13.9. The molecule has 4 N–H and O–H groups in total. The van der Waals surface area contributed by atoms with Crippen LogP contribution in [0.25, 0.3) is 0 Å². The summed E-state index contributed by atoms with van der Waals surface area (Å²) < 4.78 is 0. The zero-order valence-electron chi connectivity index (χ0n) is 14.3. The minimum atomic E-state index is -1.09. The summed E-state index contributed by atoms with van der Waals surface area (Å²) >= 11 is 0. The van der Waals surface area contributed by atoms with Crippen molar-refractivity contribution >= 4 is 5.97 Å². The van der Waals surface area contributed by atoms with Crippen molar-refractivity contribution < 1.29 is 25.2 Å². The fraction of sp³-hybridized carbons (Fsp3) is 0.526. The Morgan fingerprint density at radius 1 is 0.875 bits per heavy atom. The summed E-state index contributed by atoms with van der Waals surface area (Å²) in [5, 5.41) is 37.3. The molecular weight excluding hydrogens is 308 g/mol. The number of unbranched alkanes of at least 4 members (excludes halogenated alkanes) is 2. The largest absolute Gasteiger partial charge is 0.481 e. The Morgan fingerprint density at radius 3 is 2.04 bits per heavy atom. The molecule has 0 spiro atoms. The van der Waals surface area contributed by atoms with Gasteiger partial charge in [0.05, 0.1) is 18.3 Å². The Morgan fingerprint density at radius 2 is 1.46 bits per heavy atom. The average molecular weight is 338 g/mol. The van der Waals surface area contributed by atoms with Gasteiger partial charge in [-0.2, -0.15) is 0 Å². The second-order valence-electron chi connectivity index (χ2n) is 5.59. The number of allylic oxidation sites excluding steroid dienone is 6. The summed E-state index contributed by atoms with van der Waals surface area (Å²) in [6.07, 6.45) is 14.9. The van der Waals surface area contributed by atoms with Gasteiger partial charge in [-0.25, -0.2) is 0 Å². The summed E-state index contributed by atoms with van der Waals surface area (Å²) in [6, 6.07) is 0. The number of aliphatic hydroxyl groups is 3. The van der Waals surface area contributed by atoms with Crippen LogP contribution in [0.3, 0.4) is 0 Å². The lowest BCUT2D eigenvalue weighted by Gasteiger charge is -2.12. The lowest BCUT2D eigenvalue weighted by atomic mass is 10.1. The Bertz CT molecular complexity index is 437. The molecule has 0 unspecified atom stereocenters. The predicted octanol–water partition coefficient (Wildman–Crippen LogP) is 2.74. The fourth-order valence-electron chi connectivity index (χ4n) is 1.90. The quantitative estimate of drug-likeness (QED) is 0.306. The fourth-order valence-corrected chi connectivity index (χ4v) is 1.90. The first kappa shape index (κ1) is 22.3. The number of carboxylic acid groups (broad SMARTS) is 1. The standard InChI is InChI=1S/C19H30O5/c1-2-3-8-11-16(20)12-9-6-4-5-7-10-13-17(21)18(22)14-15-19(23)24/h4-7,9-10,12-13,16-18,20-22H,2-3,8,11,14-15H2,1H3,(H,23,24)/b6-4-,7-5+,12-9+,13-10+/t16-,17+,18-/m0/s1. The predicted molar refractivity (Wildman–Crippen MR) is 95.6 cm³/mol. The van der Waals surface area contributed by atoms with Crippen LogP contribution in [0, 0.1) is 0 Å². The maximum absolute atomic E-state index is 10.4. The number of carboxylic acids is 1. The zero-order chi connectivity index (χ0) is 18.2. The van der Waals surface area contributed by atoms with E-state index in [0.717, 1.165) is 25.7 Å². The first-order chi connectivity index (χ1) is 11.5. The van der Waals surface area contributed by atoms with E-state index >= 15 is 0 Å². The maximum Gasteiger partial charge on any atom is 0.303 e. The molecule has 0 aromatic rings. The van der Waals surface area contributed by atoms with Gasteiger partial charge in [0, 0.05) is 6.42 Å². The van der Waals surface area contributed by atoms with Crippen LogP contribution in [0.2, 0.25) is 0 Å². The number of aliphatic carboxylic acids is 1. The van der Waals surface area contributed by atoms with Gasteiger partial charge in [-0.05, 0) is 12.8 Å². The van der Waals surface area contributed by atoms with E-state index < -0.39 is 24.3 Å². The van der Waals surface area contributed by atoms with Crippen LogP contribution in [0.1, 0.15) is 45.4 Å². The summed E-state index contributed by atoms with van der Waals surface area (Å²) in [7, 11) is 0. The molecule has 0 aliphatic heterocycles. The van der Waals surface area contributed by atoms with E-state index in [1.165, 1.54) is 6.08 Å². The average Bonchev–Trinajstić information content (AvgIpc) is 2.54. The van der Waals surface area contributed by atoms with Crippen LogP contribution >= 0.6 is 0 Å². The molecule has 0 fully saturated rings. The Labute approximate surface area is 144 Å². The minimum absolute atomic E-state index is 0.00976. The number of hydrogen-bond donors (Lipinski definition) is 4. The zero-order valence-corrected chi connectivity index (χ0v) is 14.3. The lowest BCUT2D eigenvalue weighted by molar-refractivity contribution is -0.137. The molecule has 0 saturated carbocycles. The topological polar surface area (TPSA) is 98.0 Å². The van der Waals surface area contributed by atoms with Gasteiger partial charge in [0.15, 0.2) is 0 Å². The summed E-state index contributed by atoms with van der Waals surface area (Å²) in [5.74, 6) is -1.00. The van der Waals surface area contributed by atoms with Crippen LogP contribution in [-0.4, -0.2) is 44.7 Å². The van der Waals surface area contributed by atoms with Crippen molar-refractivity contribution in [3.8, 4) is 0 Å². The SMILES string of the molecule is CCCCC[C@H](O)/C=C/C=C\C=C\C=C\[C@@H](O)[C@@H](O)CCC(=O)O. The van der Waals surface area contributed by atoms with Crippen molar-refractivity contribution in [3.05, 3.63) is 48.6 Å². The van der Waals surface area contributed by atoms with Gasteiger partial charge in [-0.3, -0.25) is 4.79 Å². The molecule has 0 amide bonds. The molecule has 0 aromatic heterocycles. The van der Waals surface area contributed by atoms with Crippen molar-refractivity contribution in [2.75, 3.05) is 0 Å². The summed E-state index contributed by atoms with van der Waals surface area (Å²) in [4.78, 5) is 10.4. The van der Waals surface area contributed by atoms with E-state index in [9.17, 15) is 20.1 Å². The van der Waals surface area contributed by atoms with Gasteiger partial charge in [-0.1, -0.05) is 74.8 Å². The highest BCUT2D eigenvalue weighted by Crippen LogP contribution is 2.05. The first-order valence-corrected chi connectivity index (χ1v) is 8.41. The number of rotatable bonds is 13. The van der Waals surface area contributed by atoms with Crippen molar-refractivity contribution in [1.82, 2.24) is 0 Å². The molecule has 0 saturated heterocycles. The molecule has 0 aromatic carbocycles. The molecule has 0 bridgehead atoms. The molecule has 24 heavy (non-hydrogen) atoms. The van der Waals surface area contributed by atoms with Crippen LogP contribution in [0.5, 0.6) is 0 Å². The van der Waals surface area contributed by atoms with Crippen LogP contribution in [0.15, 0.2) is 48.6 Å². The van der Waals surface area contributed by atoms with E-state index in [-0.39, 0.29) is 12.8 Å². The van der Waals surface area contributed by atoms with Gasteiger partial charge >= 0.3 is 5.97 Å². The minimum Gasteiger partial charge on any atom is -0.481 e. The molecule has 0 aliphatic rings. The Kier molecular flexibility index (Phi) is 13.8. The second kappa shape index (κ2) is 14.9. The molecule has 0 heterocycles. The van der Waals surface area contributed by atoms with Crippen molar-refractivity contribution in [2.45, 2.75) is 63.8 Å². The monoisotopic (exact) mass is 338 g/mol. The highest BCUT2D eigenvalue weighted by molar-refractivity contribution is 5.66. The van der Waals surface area contributed by atoms with Crippen LogP contribution in [-0.2, 0) is 4.79 Å². The number of carbonyl (C=O) groups is 1. The molecule has 5 heteroatoms. The van der Waals surface area contributed by atoms with Crippen LogP contribution < -0.4 is 0 Å². The van der Waals surface area contributed by atoms with E-state index in [1.54, 1.807) is 42.5 Å². The van der Waals surface area contributed by atoms with Crippen molar-refractivity contribution in [2.24, 2.45) is 0 Å². The number of aliphatic hydroxyl groups excluding tert-OH is 3. The van der Waals surface area contributed by atoms with Gasteiger partial charge in [0.25, 0.3) is 0 Å². The highest BCUT2D eigenvalue weighted by atomic mass is 16.4. The van der Waals surface area contributed by atoms with Gasteiger partial charge in [0.1, 0.15) is 0 Å². The third-order valence-electron chi connectivity index (χ3n) is 3.35.